The molecular formula is C10H18N2. The standard InChI is InChI=1S/C10H18N2/c1-2-4-12-9(3-1)5-8-6-11-7-10(8)12/h8-11H,1-7H2/t8-,9-,10-/m0/s1. The fourth-order valence-electron chi connectivity index (χ4n) is 3.41. The van der Waals surface area contributed by atoms with Gasteiger partial charge >= 0.3 is 0 Å². The van der Waals surface area contributed by atoms with Gasteiger partial charge in [0.25, 0.3) is 0 Å². The van der Waals surface area contributed by atoms with Crippen molar-refractivity contribution in [2.24, 2.45) is 5.92 Å². The summed E-state index contributed by atoms with van der Waals surface area (Å²) in [6.07, 6.45) is 5.89. The highest BCUT2D eigenvalue weighted by molar-refractivity contribution is 5.00. The molecule has 0 aromatic carbocycles. The molecule has 3 fully saturated rings. The van der Waals surface area contributed by atoms with Gasteiger partial charge in [-0.3, -0.25) is 4.90 Å². The van der Waals surface area contributed by atoms with Gasteiger partial charge < -0.3 is 5.32 Å². The number of nitrogens with one attached hydrogen (secondary N) is 1. The van der Waals surface area contributed by atoms with Crippen LogP contribution in [-0.4, -0.2) is 36.6 Å². The smallest absolute Gasteiger partial charge is 0.0264 e. The Hall–Kier alpha value is -0.0800. The molecule has 3 aliphatic rings. The lowest BCUT2D eigenvalue weighted by atomic mass is 9.99. The first kappa shape index (κ1) is 7.34. The molecule has 2 nitrogen and oxygen atoms in total. The summed E-state index contributed by atoms with van der Waals surface area (Å²) in [5.74, 6) is 0.994. The molecule has 0 bridgehead atoms. The second kappa shape index (κ2) is 2.71. The van der Waals surface area contributed by atoms with Crippen LogP contribution >= 0.6 is 0 Å². The van der Waals surface area contributed by atoms with E-state index in [1.807, 2.05) is 0 Å². The van der Waals surface area contributed by atoms with E-state index in [-0.39, 0.29) is 0 Å². The minimum absolute atomic E-state index is 0.912. The monoisotopic (exact) mass is 166 g/mol. The first-order valence-electron chi connectivity index (χ1n) is 5.41. The second-order valence-corrected chi connectivity index (χ2v) is 4.61. The van der Waals surface area contributed by atoms with Crippen LogP contribution < -0.4 is 5.32 Å². The summed E-state index contributed by atoms with van der Waals surface area (Å²) in [6, 6.07) is 1.88. The third kappa shape index (κ3) is 0.944. The molecule has 3 heterocycles. The molecule has 3 saturated heterocycles. The molecule has 3 atom stereocenters. The van der Waals surface area contributed by atoms with E-state index in [1.54, 1.807) is 0 Å². The molecule has 0 spiro atoms. The minimum atomic E-state index is 0.912. The summed E-state index contributed by atoms with van der Waals surface area (Å²) in [5, 5.41) is 3.52. The van der Waals surface area contributed by atoms with Crippen molar-refractivity contribution in [3.05, 3.63) is 0 Å². The molecule has 1 N–H and O–H groups in total. The Labute approximate surface area is 74.3 Å². The molecule has 0 unspecified atom stereocenters. The Bertz CT molecular complexity index is 181. The van der Waals surface area contributed by atoms with Gasteiger partial charge in [0, 0.05) is 18.6 Å². The Morgan fingerprint density at radius 3 is 3.17 bits per heavy atom. The third-order valence-electron chi connectivity index (χ3n) is 3.98. The van der Waals surface area contributed by atoms with Gasteiger partial charge in [0.05, 0.1) is 0 Å². The van der Waals surface area contributed by atoms with E-state index in [0.29, 0.717) is 0 Å². The molecule has 0 aromatic rings. The van der Waals surface area contributed by atoms with Crippen LogP contribution in [0.25, 0.3) is 0 Å². The normalized spacial score (nSPS) is 47.5. The lowest BCUT2D eigenvalue weighted by Gasteiger charge is -2.33. The molecular weight excluding hydrogens is 148 g/mol. The summed E-state index contributed by atoms with van der Waals surface area (Å²) < 4.78 is 0. The largest absolute Gasteiger partial charge is 0.315 e. The van der Waals surface area contributed by atoms with E-state index >= 15 is 0 Å². The second-order valence-electron chi connectivity index (χ2n) is 4.61. The molecule has 0 amide bonds. The van der Waals surface area contributed by atoms with Gasteiger partial charge in [0.1, 0.15) is 0 Å². The third-order valence-corrected chi connectivity index (χ3v) is 3.98. The van der Waals surface area contributed by atoms with E-state index in [9.17, 15) is 0 Å². The SMILES string of the molecule is C1CCN2[C@@H](C1)C[C@H]1CNC[C@@H]12. The zero-order chi connectivity index (χ0) is 7.97. The zero-order valence-corrected chi connectivity index (χ0v) is 7.63. The number of nitrogens with zero attached hydrogens (tertiary/aromatic N) is 1. The Morgan fingerprint density at radius 1 is 1.17 bits per heavy atom. The lowest BCUT2D eigenvalue weighted by molar-refractivity contribution is 0.151. The highest BCUT2D eigenvalue weighted by Gasteiger charge is 2.43. The minimum Gasteiger partial charge on any atom is -0.315 e. The maximum atomic E-state index is 3.52. The molecule has 2 heteroatoms. The topological polar surface area (TPSA) is 15.3 Å². The zero-order valence-electron chi connectivity index (χ0n) is 7.63. The molecule has 0 aromatic heterocycles. The average molecular weight is 166 g/mol. The van der Waals surface area contributed by atoms with Crippen LogP contribution in [0.2, 0.25) is 0 Å². The number of rotatable bonds is 0. The van der Waals surface area contributed by atoms with Crippen molar-refractivity contribution in [3.63, 3.8) is 0 Å². The van der Waals surface area contributed by atoms with Gasteiger partial charge in [0.2, 0.25) is 0 Å². The van der Waals surface area contributed by atoms with Gasteiger partial charge in [-0.25, -0.2) is 0 Å². The van der Waals surface area contributed by atoms with Crippen LogP contribution in [0.15, 0.2) is 0 Å². The quantitative estimate of drug-likeness (QED) is 0.573. The summed E-state index contributed by atoms with van der Waals surface area (Å²) >= 11 is 0. The maximum Gasteiger partial charge on any atom is 0.0264 e. The van der Waals surface area contributed by atoms with Crippen molar-refractivity contribution < 1.29 is 0 Å². The predicted octanol–water partition coefficient (Wildman–Crippen LogP) is 0.833. The Morgan fingerprint density at radius 2 is 2.17 bits per heavy atom. The van der Waals surface area contributed by atoms with Gasteiger partial charge in [-0.15, -0.1) is 0 Å². The van der Waals surface area contributed by atoms with Crippen molar-refractivity contribution in [2.45, 2.75) is 37.8 Å². The van der Waals surface area contributed by atoms with E-state index in [2.05, 4.69) is 10.2 Å². The first-order chi connectivity index (χ1) is 5.95. The summed E-state index contributed by atoms with van der Waals surface area (Å²) in [5.41, 5.74) is 0. The maximum absolute atomic E-state index is 3.52. The van der Waals surface area contributed by atoms with Crippen molar-refractivity contribution in [1.82, 2.24) is 10.2 Å². The summed E-state index contributed by atoms with van der Waals surface area (Å²) in [6.45, 7) is 3.94. The van der Waals surface area contributed by atoms with Crippen LogP contribution in [0.4, 0.5) is 0 Å². The molecule has 0 radical (unpaired) electrons. The summed E-state index contributed by atoms with van der Waals surface area (Å²) in [7, 11) is 0. The Kier molecular flexibility index (Phi) is 1.66. The van der Waals surface area contributed by atoms with E-state index < -0.39 is 0 Å². The van der Waals surface area contributed by atoms with Gasteiger partial charge in [-0.1, -0.05) is 6.42 Å². The number of fused-ring (bicyclic) bond motifs is 3. The summed E-state index contributed by atoms with van der Waals surface area (Å²) in [4.78, 5) is 2.79. The van der Waals surface area contributed by atoms with Crippen LogP contribution in [0, 0.1) is 5.92 Å². The van der Waals surface area contributed by atoms with Gasteiger partial charge in [0.15, 0.2) is 0 Å². The fourth-order valence-corrected chi connectivity index (χ4v) is 3.41. The molecule has 68 valence electrons. The lowest BCUT2D eigenvalue weighted by Crippen LogP contribution is -2.42. The van der Waals surface area contributed by atoms with Crippen molar-refractivity contribution in [3.8, 4) is 0 Å². The average Bonchev–Trinajstić information content (AvgIpc) is 2.62. The predicted molar refractivity (Wildman–Crippen MR) is 49.1 cm³/mol. The highest BCUT2D eigenvalue weighted by Crippen LogP contribution is 2.36. The van der Waals surface area contributed by atoms with Crippen LogP contribution in [-0.2, 0) is 0 Å². The van der Waals surface area contributed by atoms with Crippen LogP contribution in [0.3, 0.4) is 0 Å². The van der Waals surface area contributed by atoms with Crippen LogP contribution in [0.5, 0.6) is 0 Å². The van der Waals surface area contributed by atoms with Gasteiger partial charge in [-0.2, -0.15) is 0 Å². The van der Waals surface area contributed by atoms with E-state index in [1.165, 1.54) is 45.3 Å². The molecule has 3 aliphatic heterocycles. The molecule has 0 aliphatic carbocycles. The van der Waals surface area contributed by atoms with Gasteiger partial charge in [-0.05, 0) is 38.3 Å². The number of hydrogen-bond acceptors (Lipinski definition) is 2. The fraction of sp³-hybridized carbons (Fsp3) is 1.00. The number of hydrogen-bond donors (Lipinski definition) is 1. The Balaban J connectivity index is 1.79. The van der Waals surface area contributed by atoms with E-state index in [4.69, 9.17) is 0 Å². The molecule has 12 heavy (non-hydrogen) atoms. The van der Waals surface area contributed by atoms with Crippen molar-refractivity contribution in [2.75, 3.05) is 19.6 Å². The van der Waals surface area contributed by atoms with Crippen molar-refractivity contribution in [1.29, 1.82) is 0 Å². The highest BCUT2D eigenvalue weighted by atomic mass is 15.3. The number of piperidine rings is 1. The van der Waals surface area contributed by atoms with E-state index in [0.717, 1.165) is 18.0 Å². The van der Waals surface area contributed by atoms with Crippen LogP contribution in [0.1, 0.15) is 25.7 Å². The first-order valence-corrected chi connectivity index (χ1v) is 5.41. The van der Waals surface area contributed by atoms with Crippen molar-refractivity contribution >= 4 is 0 Å². The molecule has 3 rings (SSSR count). The molecule has 0 saturated carbocycles.